The third-order valence-electron chi connectivity index (χ3n) is 4.47. The number of benzene rings is 1. The summed E-state index contributed by atoms with van der Waals surface area (Å²) in [5, 5.41) is 8.99. The second-order valence-electron chi connectivity index (χ2n) is 5.98. The summed E-state index contributed by atoms with van der Waals surface area (Å²) >= 11 is 0. The van der Waals surface area contributed by atoms with Crippen LogP contribution in [-0.2, 0) is 11.2 Å². The lowest BCUT2D eigenvalue weighted by Crippen LogP contribution is -2.41. The van der Waals surface area contributed by atoms with Crippen molar-refractivity contribution in [2.24, 2.45) is 11.8 Å². The maximum Gasteiger partial charge on any atom is 0.152 e. The number of carbonyl (C=O) groups excluding carboxylic acids is 1. The van der Waals surface area contributed by atoms with Crippen molar-refractivity contribution >= 4 is 5.78 Å². The average Bonchev–Trinajstić information content (AvgIpc) is 2.54. The molecule has 0 aliphatic carbocycles. The van der Waals surface area contributed by atoms with Crippen molar-refractivity contribution in [3.8, 4) is 11.8 Å². The first-order chi connectivity index (χ1) is 10.3. The smallest absolute Gasteiger partial charge is 0.152 e. The molecule has 0 spiro atoms. The summed E-state index contributed by atoms with van der Waals surface area (Å²) < 4.78 is 5.81. The molecule has 0 radical (unpaired) electrons. The number of likely N-dealkylation sites (tertiary alicyclic amines) is 1. The van der Waals surface area contributed by atoms with Crippen molar-refractivity contribution in [1.29, 1.82) is 5.26 Å². The number of fused-ring (bicyclic) bond motifs is 1. The monoisotopic (exact) mass is 284 g/mol. The molecule has 1 aromatic carbocycles. The lowest BCUT2D eigenvalue weighted by Gasteiger charge is -2.31. The fraction of sp³-hybridized carbons (Fsp3) is 0.529. The third kappa shape index (κ3) is 3.25. The van der Waals surface area contributed by atoms with Gasteiger partial charge in [-0.3, -0.25) is 4.79 Å². The van der Waals surface area contributed by atoms with E-state index in [4.69, 9.17) is 10.00 Å². The second kappa shape index (κ2) is 6.28. The first kappa shape index (κ1) is 14.1. The van der Waals surface area contributed by atoms with Crippen molar-refractivity contribution in [3.63, 3.8) is 0 Å². The van der Waals surface area contributed by atoms with E-state index in [1.165, 1.54) is 5.56 Å². The van der Waals surface area contributed by atoms with Crippen molar-refractivity contribution in [2.75, 3.05) is 26.2 Å². The molecule has 1 fully saturated rings. The summed E-state index contributed by atoms with van der Waals surface area (Å²) in [6.07, 6.45) is 2.63. The first-order valence-electron chi connectivity index (χ1n) is 7.61. The predicted octanol–water partition coefficient (Wildman–Crippen LogP) is 2.04. The zero-order valence-electron chi connectivity index (χ0n) is 12.1. The van der Waals surface area contributed by atoms with E-state index in [1.807, 2.05) is 12.1 Å². The van der Waals surface area contributed by atoms with E-state index in [9.17, 15) is 4.79 Å². The Balaban J connectivity index is 1.51. The number of hydrogen-bond donors (Lipinski definition) is 0. The molecule has 2 atom stereocenters. The lowest BCUT2D eigenvalue weighted by atomic mass is 9.93. The highest BCUT2D eigenvalue weighted by Gasteiger charge is 2.27. The van der Waals surface area contributed by atoms with Gasteiger partial charge in [0.05, 0.1) is 12.7 Å². The summed E-state index contributed by atoms with van der Waals surface area (Å²) in [6.45, 7) is 3.10. The Morgan fingerprint density at radius 2 is 2.24 bits per heavy atom. The van der Waals surface area contributed by atoms with Gasteiger partial charge in [0.2, 0.25) is 0 Å². The van der Waals surface area contributed by atoms with Crippen LogP contribution in [0.15, 0.2) is 24.3 Å². The standard InChI is InChI=1S/C17H20N2O2/c18-10-15-11-19(8-6-16(15)20)7-5-13-9-14-3-1-2-4-17(14)21-12-13/h1-4,13,15H,5-9,11-12H2. The van der Waals surface area contributed by atoms with E-state index in [2.05, 4.69) is 23.1 Å². The molecule has 0 N–H and O–H groups in total. The molecule has 0 amide bonds. The van der Waals surface area contributed by atoms with Crippen LogP contribution in [0.5, 0.6) is 5.75 Å². The number of nitrogens with zero attached hydrogens (tertiary/aromatic N) is 2. The summed E-state index contributed by atoms with van der Waals surface area (Å²) in [5.41, 5.74) is 1.29. The zero-order valence-corrected chi connectivity index (χ0v) is 12.1. The quantitative estimate of drug-likeness (QED) is 0.852. The minimum atomic E-state index is -0.429. The molecule has 110 valence electrons. The molecule has 21 heavy (non-hydrogen) atoms. The fourth-order valence-corrected chi connectivity index (χ4v) is 3.15. The van der Waals surface area contributed by atoms with Crippen molar-refractivity contribution in [1.82, 2.24) is 4.90 Å². The van der Waals surface area contributed by atoms with E-state index in [0.29, 0.717) is 18.9 Å². The molecule has 2 aliphatic heterocycles. The third-order valence-corrected chi connectivity index (χ3v) is 4.47. The summed E-state index contributed by atoms with van der Waals surface area (Å²) in [7, 11) is 0. The van der Waals surface area contributed by atoms with Crippen LogP contribution in [0.3, 0.4) is 0 Å². The number of ketones is 1. The topological polar surface area (TPSA) is 53.3 Å². The van der Waals surface area contributed by atoms with Gasteiger partial charge in [0, 0.05) is 19.5 Å². The Labute approximate surface area is 125 Å². The van der Waals surface area contributed by atoms with Gasteiger partial charge in [-0.2, -0.15) is 5.26 Å². The molecule has 4 nitrogen and oxygen atoms in total. The number of piperidine rings is 1. The van der Waals surface area contributed by atoms with Gasteiger partial charge < -0.3 is 9.64 Å². The van der Waals surface area contributed by atoms with Crippen LogP contribution < -0.4 is 4.74 Å². The van der Waals surface area contributed by atoms with Gasteiger partial charge in [-0.05, 0) is 36.9 Å². The average molecular weight is 284 g/mol. The Morgan fingerprint density at radius 1 is 1.38 bits per heavy atom. The van der Waals surface area contributed by atoms with E-state index in [1.54, 1.807) is 0 Å². The van der Waals surface area contributed by atoms with Crippen molar-refractivity contribution in [3.05, 3.63) is 29.8 Å². The molecule has 2 heterocycles. The SMILES string of the molecule is N#CC1CN(CCC2COc3ccccc3C2)CCC1=O. The number of ether oxygens (including phenoxy) is 1. The Hall–Kier alpha value is -1.86. The number of nitriles is 1. The molecule has 0 aromatic heterocycles. The molecule has 4 heteroatoms. The van der Waals surface area contributed by atoms with Crippen molar-refractivity contribution in [2.45, 2.75) is 19.3 Å². The van der Waals surface area contributed by atoms with Crippen LogP contribution in [0.1, 0.15) is 18.4 Å². The zero-order chi connectivity index (χ0) is 14.7. The van der Waals surface area contributed by atoms with Gasteiger partial charge in [0.25, 0.3) is 0 Å². The van der Waals surface area contributed by atoms with E-state index >= 15 is 0 Å². The molecular formula is C17H20N2O2. The Bertz CT molecular complexity index is 564. The number of para-hydroxylation sites is 1. The van der Waals surface area contributed by atoms with Crippen LogP contribution in [-0.4, -0.2) is 36.9 Å². The minimum Gasteiger partial charge on any atom is -0.493 e. The molecule has 2 aliphatic rings. The first-order valence-corrected chi connectivity index (χ1v) is 7.61. The molecule has 0 saturated carbocycles. The minimum absolute atomic E-state index is 0.101. The highest BCUT2D eigenvalue weighted by atomic mass is 16.5. The predicted molar refractivity (Wildman–Crippen MR) is 78.9 cm³/mol. The molecule has 3 rings (SSSR count). The van der Waals surface area contributed by atoms with E-state index in [-0.39, 0.29) is 5.78 Å². The number of rotatable bonds is 3. The van der Waals surface area contributed by atoms with Gasteiger partial charge in [0.15, 0.2) is 5.78 Å². The number of Topliss-reactive ketones (excluding diaryl/α,β-unsaturated/α-hetero) is 1. The Morgan fingerprint density at radius 3 is 3.10 bits per heavy atom. The largest absolute Gasteiger partial charge is 0.493 e. The van der Waals surface area contributed by atoms with Crippen LogP contribution in [0.4, 0.5) is 0 Å². The van der Waals surface area contributed by atoms with E-state index in [0.717, 1.165) is 38.3 Å². The number of hydrogen-bond acceptors (Lipinski definition) is 4. The van der Waals surface area contributed by atoms with Crippen molar-refractivity contribution < 1.29 is 9.53 Å². The van der Waals surface area contributed by atoms with Gasteiger partial charge in [0.1, 0.15) is 11.7 Å². The van der Waals surface area contributed by atoms with Gasteiger partial charge in [-0.15, -0.1) is 0 Å². The highest BCUT2D eigenvalue weighted by molar-refractivity contribution is 5.84. The lowest BCUT2D eigenvalue weighted by molar-refractivity contribution is -0.124. The highest BCUT2D eigenvalue weighted by Crippen LogP contribution is 2.28. The Kier molecular flexibility index (Phi) is 4.21. The molecular weight excluding hydrogens is 264 g/mol. The molecule has 1 saturated heterocycles. The van der Waals surface area contributed by atoms with Gasteiger partial charge in [-0.1, -0.05) is 18.2 Å². The molecule has 0 bridgehead atoms. The number of carbonyl (C=O) groups is 1. The molecule has 2 unspecified atom stereocenters. The van der Waals surface area contributed by atoms with Crippen LogP contribution in [0, 0.1) is 23.2 Å². The maximum atomic E-state index is 11.5. The second-order valence-corrected chi connectivity index (χ2v) is 5.98. The van der Waals surface area contributed by atoms with Crippen LogP contribution >= 0.6 is 0 Å². The normalized spacial score (nSPS) is 25.8. The van der Waals surface area contributed by atoms with Gasteiger partial charge >= 0.3 is 0 Å². The van der Waals surface area contributed by atoms with Crippen LogP contribution in [0.25, 0.3) is 0 Å². The fourth-order valence-electron chi connectivity index (χ4n) is 3.15. The van der Waals surface area contributed by atoms with Gasteiger partial charge in [-0.25, -0.2) is 0 Å². The maximum absolute atomic E-state index is 11.5. The summed E-state index contributed by atoms with van der Waals surface area (Å²) in [6, 6.07) is 10.3. The van der Waals surface area contributed by atoms with E-state index < -0.39 is 5.92 Å². The summed E-state index contributed by atoms with van der Waals surface area (Å²) in [5.74, 6) is 1.21. The van der Waals surface area contributed by atoms with Crippen LogP contribution in [0.2, 0.25) is 0 Å². The molecule has 1 aromatic rings. The summed E-state index contributed by atoms with van der Waals surface area (Å²) in [4.78, 5) is 13.8.